The van der Waals surface area contributed by atoms with Gasteiger partial charge in [-0.25, -0.2) is 13.1 Å². The number of hydrogen-bond donors (Lipinski definition) is 2. The second kappa shape index (κ2) is 6.49. The molecular weight excluding hydrogens is 278 g/mol. The zero-order valence-electron chi connectivity index (χ0n) is 11.2. The molecule has 20 heavy (non-hydrogen) atoms. The van der Waals surface area contributed by atoms with Gasteiger partial charge in [0.1, 0.15) is 4.90 Å². The Morgan fingerprint density at radius 2 is 2.20 bits per heavy atom. The van der Waals surface area contributed by atoms with Gasteiger partial charge in [0.05, 0.1) is 5.69 Å². The minimum atomic E-state index is -3.55. The first-order valence-electron chi connectivity index (χ1n) is 6.22. The summed E-state index contributed by atoms with van der Waals surface area (Å²) in [5.74, 6) is 0. The number of anilines is 1. The second-order valence-electron chi connectivity index (χ2n) is 4.14. The highest BCUT2D eigenvalue weighted by Crippen LogP contribution is 2.18. The lowest BCUT2D eigenvalue weighted by atomic mass is 10.4. The molecule has 0 atom stereocenters. The van der Waals surface area contributed by atoms with Gasteiger partial charge < -0.3 is 5.32 Å². The van der Waals surface area contributed by atoms with E-state index in [1.54, 1.807) is 30.2 Å². The van der Waals surface area contributed by atoms with Crippen molar-refractivity contribution in [2.75, 3.05) is 18.9 Å². The van der Waals surface area contributed by atoms with E-state index in [9.17, 15) is 8.42 Å². The van der Waals surface area contributed by atoms with Crippen LogP contribution in [-0.4, -0.2) is 36.8 Å². The Balaban J connectivity index is 1.94. The van der Waals surface area contributed by atoms with Crippen LogP contribution in [0.3, 0.4) is 0 Å². The third kappa shape index (κ3) is 3.55. The maximum atomic E-state index is 12.2. The normalized spacial score (nSPS) is 11.4. The second-order valence-corrected chi connectivity index (χ2v) is 5.88. The van der Waals surface area contributed by atoms with Crippen LogP contribution < -0.4 is 10.0 Å². The highest BCUT2D eigenvalue weighted by atomic mass is 32.2. The number of nitrogens with one attached hydrogen (secondary N) is 2. The van der Waals surface area contributed by atoms with Gasteiger partial charge in [-0.15, -0.1) is 0 Å². The lowest BCUT2D eigenvalue weighted by Gasteiger charge is -2.10. The molecular formula is C12H17N5O2S. The van der Waals surface area contributed by atoms with Crippen LogP contribution in [0.5, 0.6) is 0 Å². The first kappa shape index (κ1) is 14.5. The van der Waals surface area contributed by atoms with E-state index in [-0.39, 0.29) is 4.90 Å². The van der Waals surface area contributed by atoms with Gasteiger partial charge in [0, 0.05) is 44.9 Å². The molecule has 0 saturated heterocycles. The minimum absolute atomic E-state index is 0.154. The van der Waals surface area contributed by atoms with Gasteiger partial charge in [-0.2, -0.15) is 5.10 Å². The first-order valence-corrected chi connectivity index (χ1v) is 7.70. The zero-order valence-corrected chi connectivity index (χ0v) is 12.0. The molecule has 0 saturated carbocycles. The van der Waals surface area contributed by atoms with Gasteiger partial charge in [0.15, 0.2) is 0 Å². The molecule has 2 rings (SSSR count). The van der Waals surface area contributed by atoms with E-state index >= 15 is 0 Å². The van der Waals surface area contributed by atoms with E-state index < -0.39 is 10.0 Å². The summed E-state index contributed by atoms with van der Waals surface area (Å²) in [7, 11) is -1.88. The first-order chi connectivity index (χ1) is 9.63. The lowest BCUT2D eigenvalue weighted by molar-refractivity contribution is 0.553. The average molecular weight is 295 g/mol. The molecule has 0 amide bonds. The number of aromatic nitrogens is 3. The Morgan fingerprint density at radius 1 is 1.35 bits per heavy atom. The monoisotopic (exact) mass is 295 g/mol. The van der Waals surface area contributed by atoms with Crippen molar-refractivity contribution in [2.24, 2.45) is 0 Å². The summed E-state index contributed by atoms with van der Waals surface area (Å²) in [6.45, 7) is 1.02. The molecule has 0 fully saturated rings. The highest BCUT2D eigenvalue weighted by molar-refractivity contribution is 7.89. The third-order valence-corrected chi connectivity index (χ3v) is 4.25. The van der Waals surface area contributed by atoms with Crippen molar-refractivity contribution in [1.82, 2.24) is 19.5 Å². The number of pyridine rings is 1. The van der Waals surface area contributed by atoms with E-state index in [1.165, 1.54) is 6.20 Å². The Morgan fingerprint density at radius 3 is 2.90 bits per heavy atom. The summed E-state index contributed by atoms with van der Waals surface area (Å²) < 4.78 is 28.6. The summed E-state index contributed by atoms with van der Waals surface area (Å²) in [5.41, 5.74) is 0.527. The third-order valence-electron chi connectivity index (χ3n) is 2.76. The lowest BCUT2D eigenvalue weighted by Crippen LogP contribution is -2.26. The number of hydrogen-bond acceptors (Lipinski definition) is 5. The van der Waals surface area contributed by atoms with Gasteiger partial charge in [-0.3, -0.25) is 9.67 Å². The molecule has 2 heterocycles. The van der Waals surface area contributed by atoms with Crippen LogP contribution in [0, 0.1) is 0 Å². The predicted molar refractivity (Wildman–Crippen MR) is 75.8 cm³/mol. The van der Waals surface area contributed by atoms with Crippen molar-refractivity contribution in [3.05, 3.63) is 36.9 Å². The predicted octanol–water partition coefficient (Wildman–Crippen LogP) is 0.688. The number of aryl methyl sites for hydroxylation is 1. The molecule has 0 aromatic carbocycles. The summed E-state index contributed by atoms with van der Waals surface area (Å²) in [5, 5.41) is 6.90. The van der Waals surface area contributed by atoms with Crippen LogP contribution in [0.4, 0.5) is 5.69 Å². The van der Waals surface area contributed by atoms with Crippen molar-refractivity contribution in [3.63, 3.8) is 0 Å². The topological polar surface area (TPSA) is 88.9 Å². The molecule has 0 aliphatic rings. The van der Waals surface area contributed by atoms with E-state index in [1.807, 2.05) is 12.3 Å². The molecule has 0 spiro atoms. The number of sulfonamides is 1. The summed E-state index contributed by atoms with van der Waals surface area (Å²) in [6.07, 6.45) is 7.08. The quantitative estimate of drug-likeness (QED) is 0.734. The summed E-state index contributed by atoms with van der Waals surface area (Å²) in [6, 6.07) is 3.46. The Kier molecular flexibility index (Phi) is 4.70. The Bertz CT molecular complexity index is 640. The molecule has 2 aromatic heterocycles. The molecule has 7 nitrogen and oxygen atoms in total. The van der Waals surface area contributed by atoms with Crippen molar-refractivity contribution in [2.45, 2.75) is 17.9 Å². The molecule has 108 valence electrons. The smallest absolute Gasteiger partial charge is 0.244 e. The fourth-order valence-electron chi connectivity index (χ4n) is 1.76. The van der Waals surface area contributed by atoms with Crippen LogP contribution in [-0.2, 0) is 16.6 Å². The fraction of sp³-hybridized carbons (Fsp3) is 0.333. The van der Waals surface area contributed by atoms with Crippen molar-refractivity contribution in [3.8, 4) is 0 Å². The average Bonchev–Trinajstić information content (AvgIpc) is 2.97. The molecule has 2 aromatic rings. The van der Waals surface area contributed by atoms with Crippen molar-refractivity contribution >= 4 is 15.7 Å². The summed E-state index contributed by atoms with van der Waals surface area (Å²) >= 11 is 0. The van der Waals surface area contributed by atoms with Crippen LogP contribution in [0.25, 0.3) is 0 Å². The Labute approximate surface area is 118 Å². The van der Waals surface area contributed by atoms with E-state index in [0.29, 0.717) is 25.2 Å². The molecule has 0 aliphatic carbocycles. The fourth-order valence-corrected chi connectivity index (χ4v) is 2.99. The molecule has 0 radical (unpaired) electrons. The molecule has 0 bridgehead atoms. The van der Waals surface area contributed by atoms with Gasteiger partial charge in [0.2, 0.25) is 10.0 Å². The van der Waals surface area contributed by atoms with Crippen molar-refractivity contribution in [1.29, 1.82) is 0 Å². The van der Waals surface area contributed by atoms with Gasteiger partial charge in [-0.1, -0.05) is 0 Å². The van der Waals surface area contributed by atoms with E-state index in [0.717, 1.165) is 0 Å². The molecule has 0 unspecified atom stereocenters. The summed E-state index contributed by atoms with van der Waals surface area (Å²) in [4.78, 5) is 4.01. The SMILES string of the molecule is CNc1ccncc1S(=O)(=O)NCCCn1cccn1. The number of nitrogens with zero attached hydrogens (tertiary/aromatic N) is 3. The standard InChI is InChI=1S/C12H17N5O2S/c1-13-11-4-7-14-10-12(11)20(18,19)16-6-3-9-17-8-2-5-15-17/h2,4-5,7-8,10,16H,3,6,9H2,1H3,(H,13,14). The van der Waals surface area contributed by atoms with Gasteiger partial charge in [-0.05, 0) is 18.6 Å². The van der Waals surface area contributed by atoms with Gasteiger partial charge in [0.25, 0.3) is 0 Å². The maximum absolute atomic E-state index is 12.2. The van der Waals surface area contributed by atoms with Crippen LogP contribution in [0.2, 0.25) is 0 Å². The molecule has 0 aliphatic heterocycles. The Hall–Kier alpha value is -1.93. The van der Waals surface area contributed by atoms with Crippen LogP contribution >= 0.6 is 0 Å². The number of rotatable bonds is 7. The maximum Gasteiger partial charge on any atom is 0.244 e. The molecule has 8 heteroatoms. The van der Waals surface area contributed by atoms with Crippen LogP contribution in [0.15, 0.2) is 41.8 Å². The van der Waals surface area contributed by atoms with E-state index in [4.69, 9.17) is 0 Å². The van der Waals surface area contributed by atoms with Gasteiger partial charge >= 0.3 is 0 Å². The van der Waals surface area contributed by atoms with E-state index in [2.05, 4.69) is 20.1 Å². The van der Waals surface area contributed by atoms with Crippen molar-refractivity contribution < 1.29 is 8.42 Å². The van der Waals surface area contributed by atoms with Crippen LogP contribution in [0.1, 0.15) is 6.42 Å². The zero-order chi connectivity index (χ0) is 14.4. The molecule has 2 N–H and O–H groups in total. The highest BCUT2D eigenvalue weighted by Gasteiger charge is 2.17. The minimum Gasteiger partial charge on any atom is -0.387 e. The largest absolute Gasteiger partial charge is 0.387 e.